The molecule has 0 saturated heterocycles. The van der Waals surface area contributed by atoms with Crippen molar-refractivity contribution >= 4 is 11.6 Å². The SMILES string of the molecule is CCOCC(C)NC1C(=O)N(C)c2ccccc21. The van der Waals surface area contributed by atoms with E-state index in [1.165, 1.54) is 0 Å². The lowest BCUT2D eigenvalue weighted by molar-refractivity contribution is -0.120. The molecule has 0 saturated carbocycles. The number of anilines is 1. The molecule has 1 aromatic carbocycles. The molecule has 0 radical (unpaired) electrons. The first-order valence-corrected chi connectivity index (χ1v) is 6.35. The molecule has 4 heteroatoms. The number of fused-ring (bicyclic) bond motifs is 1. The largest absolute Gasteiger partial charge is 0.380 e. The van der Waals surface area contributed by atoms with Crippen LogP contribution in [0.25, 0.3) is 0 Å². The molecule has 1 aliphatic rings. The van der Waals surface area contributed by atoms with Crippen molar-refractivity contribution in [3.63, 3.8) is 0 Å². The number of rotatable bonds is 5. The average Bonchev–Trinajstić information content (AvgIpc) is 2.62. The van der Waals surface area contributed by atoms with Gasteiger partial charge in [0.15, 0.2) is 0 Å². The summed E-state index contributed by atoms with van der Waals surface area (Å²) in [5.74, 6) is 0.0968. The summed E-state index contributed by atoms with van der Waals surface area (Å²) in [6.45, 7) is 5.31. The smallest absolute Gasteiger partial charge is 0.248 e. The molecule has 1 aliphatic heterocycles. The minimum absolute atomic E-state index is 0.0968. The van der Waals surface area contributed by atoms with E-state index in [9.17, 15) is 4.79 Å². The zero-order valence-corrected chi connectivity index (χ0v) is 11.1. The lowest BCUT2D eigenvalue weighted by Gasteiger charge is -2.18. The second kappa shape index (κ2) is 5.50. The van der Waals surface area contributed by atoms with Crippen LogP contribution in [0.3, 0.4) is 0 Å². The number of nitrogens with one attached hydrogen (secondary N) is 1. The van der Waals surface area contributed by atoms with Gasteiger partial charge < -0.3 is 9.64 Å². The fraction of sp³-hybridized carbons (Fsp3) is 0.500. The Bertz CT molecular complexity index is 434. The predicted molar refractivity (Wildman–Crippen MR) is 71.7 cm³/mol. The lowest BCUT2D eigenvalue weighted by atomic mass is 10.1. The van der Waals surface area contributed by atoms with E-state index in [0.29, 0.717) is 13.2 Å². The molecule has 18 heavy (non-hydrogen) atoms. The first-order chi connectivity index (χ1) is 8.65. The van der Waals surface area contributed by atoms with Gasteiger partial charge in [0.2, 0.25) is 5.91 Å². The van der Waals surface area contributed by atoms with Crippen molar-refractivity contribution in [1.82, 2.24) is 5.32 Å². The second-order valence-electron chi connectivity index (χ2n) is 4.62. The van der Waals surface area contributed by atoms with Crippen LogP contribution in [-0.4, -0.2) is 32.2 Å². The van der Waals surface area contributed by atoms with Gasteiger partial charge in [0.05, 0.1) is 6.61 Å². The highest BCUT2D eigenvalue weighted by atomic mass is 16.5. The number of benzene rings is 1. The molecule has 0 spiro atoms. The molecule has 0 bridgehead atoms. The standard InChI is InChI=1S/C14H20N2O2/c1-4-18-9-10(2)15-13-11-7-5-6-8-12(11)16(3)14(13)17/h5-8,10,13,15H,4,9H2,1-3H3. The Morgan fingerprint density at radius 2 is 2.17 bits per heavy atom. The van der Waals surface area contributed by atoms with Gasteiger partial charge in [-0.2, -0.15) is 0 Å². The fourth-order valence-corrected chi connectivity index (χ4v) is 2.27. The van der Waals surface area contributed by atoms with Crippen molar-refractivity contribution in [1.29, 1.82) is 0 Å². The number of carbonyl (C=O) groups excluding carboxylic acids is 1. The summed E-state index contributed by atoms with van der Waals surface area (Å²) in [7, 11) is 1.82. The molecule has 2 unspecified atom stereocenters. The molecular weight excluding hydrogens is 228 g/mol. The van der Waals surface area contributed by atoms with E-state index < -0.39 is 0 Å². The van der Waals surface area contributed by atoms with Gasteiger partial charge in [-0.3, -0.25) is 10.1 Å². The van der Waals surface area contributed by atoms with Crippen LogP contribution in [0.1, 0.15) is 25.5 Å². The maximum atomic E-state index is 12.2. The van der Waals surface area contributed by atoms with Gasteiger partial charge in [0, 0.05) is 30.9 Å². The van der Waals surface area contributed by atoms with Crippen molar-refractivity contribution in [2.75, 3.05) is 25.2 Å². The average molecular weight is 248 g/mol. The maximum Gasteiger partial charge on any atom is 0.248 e. The molecule has 1 N–H and O–H groups in total. The predicted octanol–water partition coefficient (Wildman–Crippen LogP) is 1.72. The third-order valence-corrected chi connectivity index (χ3v) is 3.21. The molecule has 0 aliphatic carbocycles. The van der Waals surface area contributed by atoms with Gasteiger partial charge in [0.1, 0.15) is 6.04 Å². The molecule has 2 atom stereocenters. The van der Waals surface area contributed by atoms with E-state index in [1.54, 1.807) is 4.90 Å². The number of hydrogen-bond acceptors (Lipinski definition) is 3. The van der Waals surface area contributed by atoms with E-state index >= 15 is 0 Å². The minimum Gasteiger partial charge on any atom is -0.380 e. The zero-order valence-electron chi connectivity index (χ0n) is 11.1. The molecule has 98 valence electrons. The number of amides is 1. The first kappa shape index (κ1) is 13.1. The van der Waals surface area contributed by atoms with Gasteiger partial charge in [0.25, 0.3) is 0 Å². The summed E-state index contributed by atoms with van der Waals surface area (Å²) in [4.78, 5) is 13.9. The monoisotopic (exact) mass is 248 g/mol. The van der Waals surface area contributed by atoms with Crippen LogP contribution in [0.4, 0.5) is 5.69 Å². The van der Waals surface area contributed by atoms with Crippen LogP contribution in [0.15, 0.2) is 24.3 Å². The Morgan fingerprint density at radius 1 is 1.44 bits per heavy atom. The molecule has 1 aromatic rings. The van der Waals surface area contributed by atoms with E-state index in [0.717, 1.165) is 11.3 Å². The van der Waals surface area contributed by atoms with Crippen molar-refractivity contribution in [3.8, 4) is 0 Å². The number of likely N-dealkylation sites (N-methyl/N-ethyl adjacent to an activating group) is 1. The normalized spacial score (nSPS) is 20.1. The van der Waals surface area contributed by atoms with Gasteiger partial charge in [-0.15, -0.1) is 0 Å². The number of hydrogen-bond donors (Lipinski definition) is 1. The van der Waals surface area contributed by atoms with Gasteiger partial charge >= 0.3 is 0 Å². The van der Waals surface area contributed by atoms with Crippen LogP contribution in [-0.2, 0) is 9.53 Å². The maximum absolute atomic E-state index is 12.2. The highest BCUT2D eigenvalue weighted by Crippen LogP contribution is 2.34. The van der Waals surface area contributed by atoms with Crippen molar-refractivity contribution in [2.45, 2.75) is 25.9 Å². The lowest BCUT2D eigenvalue weighted by Crippen LogP contribution is -2.39. The van der Waals surface area contributed by atoms with Crippen LogP contribution in [0, 0.1) is 0 Å². The van der Waals surface area contributed by atoms with E-state index in [1.807, 2.05) is 45.2 Å². The quantitative estimate of drug-likeness (QED) is 0.862. The highest BCUT2D eigenvalue weighted by Gasteiger charge is 2.35. The first-order valence-electron chi connectivity index (χ1n) is 6.35. The summed E-state index contributed by atoms with van der Waals surface area (Å²) in [5, 5.41) is 3.33. The summed E-state index contributed by atoms with van der Waals surface area (Å²) >= 11 is 0. The van der Waals surface area contributed by atoms with E-state index in [4.69, 9.17) is 4.74 Å². The zero-order chi connectivity index (χ0) is 13.1. The fourth-order valence-electron chi connectivity index (χ4n) is 2.27. The molecule has 4 nitrogen and oxygen atoms in total. The Morgan fingerprint density at radius 3 is 2.89 bits per heavy atom. The van der Waals surface area contributed by atoms with Crippen LogP contribution in [0.2, 0.25) is 0 Å². The summed E-state index contributed by atoms with van der Waals surface area (Å²) in [5.41, 5.74) is 2.04. The van der Waals surface area contributed by atoms with Crippen molar-refractivity contribution in [2.24, 2.45) is 0 Å². The molecular formula is C14H20N2O2. The number of ether oxygens (including phenoxy) is 1. The second-order valence-corrected chi connectivity index (χ2v) is 4.62. The highest BCUT2D eigenvalue weighted by molar-refractivity contribution is 6.04. The number of carbonyl (C=O) groups is 1. The van der Waals surface area contributed by atoms with Crippen LogP contribution >= 0.6 is 0 Å². The topological polar surface area (TPSA) is 41.6 Å². The third kappa shape index (κ3) is 2.40. The van der Waals surface area contributed by atoms with Gasteiger partial charge in [-0.1, -0.05) is 18.2 Å². The Kier molecular flexibility index (Phi) is 3.99. The minimum atomic E-state index is -0.248. The summed E-state index contributed by atoms with van der Waals surface area (Å²) < 4.78 is 5.37. The van der Waals surface area contributed by atoms with E-state index in [-0.39, 0.29) is 18.0 Å². The molecule has 1 amide bonds. The van der Waals surface area contributed by atoms with Gasteiger partial charge in [-0.25, -0.2) is 0 Å². The number of para-hydroxylation sites is 1. The van der Waals surface area contributed by atoms with E-state index in [2.05, 4.69) is 5.32 Å². The summed E-state index contributed by atoms with van der Waals surface area (Å²) in [6.07, 6.45) is 0. The van der Waals surface area contributed by atoms with Crippen molar-refractivity contribution in [3.05, 3.63) is 29.8 Å². The molecule has 0 fully saturated rings. The Balaban J connectivity index is 2.12. The molecule has 0 aromatic heterocycles. The third-order valence-electron chi connectivity index (χ3n) is 3.21. The van der Waals surface area contributed by atoms with Crippen LogP contribution < -0.4 is 10.2 Å². The van der Waals surface area contributed by atoms with Crippen molar-refractivity contribution < 1.29 is 9.53 Å². The molecule has 2 rings (SSSR count). The Hall–Kier alpha value is -1.39. The summed E-state index contributed by atoms with van der Waals surface area (Å²) in [6, 6.07) is 7.80. The Labute approximate surface area is 108 Å². The van der Waals surface area contributed by atoms with Gasteiger partial charge in [-0.05, 0) is 19.9 Å². The van der Waals surface area contributed by atoms with Crippen LogP contribution in [0.5, 0.6) is 0 Å². The molecule has 1 heterocycles. The number of nitrogens with zero attached hydrogens (tertiary/aromatic N) is 1.